The van der Waals surface area contributed by atoms with Crippen LogP contribution in [0, 0.1) is 0 Å². The van der Waals surface area contributed by atoms with Gasteiger partial charge in [-0.15, -0.1) is 0 Å². The zero-order valence-corrected chi connectivity index (χ0v) is 15.5. The van der Waals surface area contributed by atoms with E-state index in [1.165, 1.54) is 4.90 Å². The van der Waals surface area contributed by atoms with Gasteiger partial charge in [-0.25, -0.2) is 4.79 Å². The second-order valence-corrected chi connectivity index (χ2v) is 6.10. The van der Waals surface area contributed by atoms with E-state index in [9.17, 15) is 4.79 Å². The van der Waals surface area contributed by atoms with Crippen molar-refractivity contribution in [2.45, 2.75) is 0 Å². The number of nitrogens with two attached hydrogens (primary N) is 1. The minimum atomic E-state index is -0.514. The molecule has 2 N–H and O–H groups in total. The van der Waals surface area contributed by atoms with Crippen LogP contribution in [0.4, 0.5) is 10.5 Å². The summed E-state index contributed by atoms with van der Waals surface area (Å²) in [7, 11) is 3.15. The molecule has 0 spiro atoms. The summed E-state index contributed by atoms with van der Waals surface area (Å²) in [6, 6.07) is 10.1. The highest BCUT2D eigenvalue weighted by Crippen LogP contribution is 2.39. The third kappa shape index (κ3) is 3.09. The number of urea groups is 1. The number of fused-ring (bicyclic) bond motifs is 2. The molecule has 0 radical (unpaired) electrons. The maximum absolute atomic E-state index is 11.6. The molecule has 1 aliphatic heterocycles. The smallest absolute Gasteiger partial charge is 0.319 e. The molecule has 1 aromatic heterocycles. The molecule has 0 fully saturated rings. The topological polar surface area (TPSA) is 96.1 Å². The molecule has 2 aromatic carbocycles. The fourth-order valence-corrected chi connectivity index (χ4v) is 3.16. The molecule has 0 bridgehead atoms. The number of hydrogen-bond acceptors (Lipinski definition) is 6. The molecule has 1 aliphatic rings. The lowest BCUT2D eigenvalue weighted by Gasteiger charge is -2.28. The van der Waals surface area contributed by atoms with E-state index in [0.29, 0.717) is 53.1 Å². The minimum Gasteiger partial charge on any atom is -0.493 e. The molecule has 2 amide bonds. The summed E-state index contributed by atoms with van der Waals surface area (Å²) >= 11 is 0. The van der Waals surface area contributed by atoms with E-state index in [4.69, 9.17) is 24.7 Å². The fourth-order valence-electron chi connectivity index (χ4n) is 3.16. The molecule has 0 aliphatic carbocycles. The number of ether oxygens (including phenoxy) is 4. The number of primary amides is 1. The second-order valence-electron chi connectivity index (χ2n) is 6.10. The first-order chi connectivity index (χ1) is 13.6. The molecular weight excluding hydrogens is 362 g/mol. The summed E-state index contributed by atoms with van der Waals surface area (Å²) in [5.74, 6) is 2.88. The monoisotopic (exact) mass is 381 g/mol. The Kier molecular flexibility index (Phi) is 4.52. The molecule has 0 atom stereocenters. The standard InChI is InChI=1S/C20H19N3O5/c1-25-18-10-13-14(11-19(18)26-2)22-6-5-16(13)28-12-3-4-15-17(9-12)27-8-7-23(15)20(21)24/h3-6,9-11H,7-8H2,1-2H3,(H2,21,24). The number of pyridine rings is 1. The molecule has 144 valence electrons. The lowest BCUT2D eigenvalue weighted by Crippen LogP contribution is -2.41. The summed E-state index contributed by atoms with van der Waals surface area (Å²) in [5.41, 5.74) is 6.76. The maximum atomic E-state index is 11.6. The van der Waals surface area contributed by atoms with E-state index < -0.39 is 6.03 Å². The van der Waals surface area contributed by atoms with Crippen molar-refractivity contribution in [1.29, 1.82) is 0 Å². The number of nitrogens with zero attached hydrogens (tertiary/aromatic N) is 2. The number of amides is 2. The van der Waals surface area contributed by atoms with Gasteiger partial charge in [0.1, 0.15) is 23.9 Å². The first kappa shape index (κ1) is 17.7. The normalized spacial score (nSPS) is 12.9. The number of anilines is 1. The van der Waals surface area contributed by atoms with Crippen molar-refractivity contribution in [1.82, 2.24) is 4.98 Å². The van der Waals surface area contributed by atoms with Crippen molar-refractivity contribution in [2.24, 2.45) is 5.73 Å². The Morgan fingerprint density at radius 1 is 1.11 bits per heavy atom. The van der Waals surface area contributed by atoms with Crippen LogP contribution in [0.5, 0.6) is 28.7 Å². The van der Waals surface area contributed by atoms with Gasteiger partial charge in [-0.1, -0.05) is 0 Å². The molecule has 2 heterocycles. The Morgan fingerprint density at radius 3 is 2.64 bits per heavy atom. The van der Waals surface area contributed by atoms with Crippen LogP contribution < -0.4 is 29.6 Å². The average molecular weight is 381 g/mol. The molecule has 8 heteroatoms. The highest BCUT2D eigenvalue weighted by Gasteiger charge is 2.22. The summed E-state index contributed by atoms with van der Waals surface area (Å²) < 4.78 is 22.4. The number of hydrogen-bond donors (Lipinski definition) is 1. The van der Waals surface area contributed by atoms with Gasteiger partial charge < -0.3 is 24.7 Å². The Morgan fingerprint density at radius 2 is 1.89 bits per heavy atom. The number of aromatic nitrogens is 1. The van der Waals surface area contributed by atoms with E-state index in [1.807, 2.05) is 6.07 Å². The Balaban J connectivity index is 1.71. The molecule has 0 saturated carbocycles. The van der Waals surface area contributed by atoms with Gasteiger partial charge in [0, 0.05) is 23.7 Å². The van der Waals surface area contributed by atoms with Crippen molar-refractivity contribution in [3.63, 3.8) is 0 Å². The second kappa shape index (κ2) is 7.15. The van der Waals surface area contributed by atoms with Crippen LogP contribution in [0.25, 0.3) is 10.9 Å². The van der Waals surface area contributed by atoms with Gasteiger partial charge in [-0.3, -0.25) is 9.88 Å². The Labute approximate surface area is 161 Å². The zero-order valence-electron chi connectivity index (χ0n) is 15.5. The van der Waals surface area contributed by atoms with Gasteiger partial charge in [0.2, 0.25) is 0 Å². The number of carbonyl (C=O) groups is 1. The third-order valence-electron chi connectivity index (χ3n) is 4.50. The van der Waals surface area contributed by atoms with E-state index in [-0.39, 0.29) is 0 Å². The number of rotatable bonds is 4. The number of methoxy groups -OCH3 is 2. The van der Waals surface area contributed by atoms with Gasteiger partial charge in [-0.05, 0) is 24.3 Å². The summed E-state index contributed by atoms with van der Waals surface area (Å²) in [5, 5.41) is 0.776. The van der Waals surface area contributed by atoms with E-state index >= 15 is 0 Å². The van der Waals surface area contributed by atoms with Gasteiger partial charge in [0.25, 0.3) is 0 Å². The van der Waals surface area contributed by atoms with Crippen molar-refractivity contribution < 1.29 is 23.7 Å². The maximum Gasteiger partial charge on any atom is 0.319 e. The van der Waals surface area contributed by atoms with Crippen LogP contribution in [0.1, 0.15) is 0 Å². The lowest BCUT2D eigenvalue weighted by atomic mass is 10.1. The summed E-state index contributed by atoms with van der Waals surface area (Å²) in [6.45, 7) is 0.785. The number of benzene rings is 2. The average Bonchev–Trinajstić information content (AvgIpc) is 2.72. The molecule has 8 nitrogen and oxygen atoms in total. The first-order valence-electron chi connectivity index (χ1n) is 8.63. The predicted molar refractivity (Wildman–Crippen MR) is 104 cm³/mol. The van der Waals surface area contributed by atoms with E-state index in [2.05, 4.69) is 4.98 Å². The number of carbonyl (C=O) groups excluding carboxylic acids is 1. The predicted octanol–water partition coefficient (Wildman–Crippen LogP) is 3.32. The van der Waals surface area contributed by atoms with Gasteiger partial charge in [0.15, 0.2) is 11.5 Å². The Bertz CT molecular complexity index is 1050. The van der Waals surface area contributed by atoms with E-state index in [0.717, 1.165) is 5.39 Å². The van der Waals surface area contributed by atoms with Crippen LogP contribution in [0.2, 0.25) is 0 Å². The minimum absolute atomic E-state index is 0.370. The van der Waals surface area contributed by atoms with Crippen molar-refractivity contribution in [3.05, 3.63) is 42.6 Å². The van der Waals surface area contributed by atoms with Crippen LogP contribution in [-0.2, 0) is 0 Å². The molecule has 0 unspecified atom stereocenters. The quantitative estimate of drug-likeness (QED) is 0.745. The highest BCUT2D eigenvalue weighted by atomic mass is 16.5. The van der Waals surface area contributed by atoms with Crippen LogP contribution in [-0.4, -0.2) is 38.4 Å². The van der Waals surface area contributed by atoms with Crippen molar-refractivity contribution in [2.75, 3.05) is 32.3 Å². The van der Waals surface area contributed by atoms with E-state index in [1.54, 1.807) is 50.7 Å². The summed E-state index contributed by atoms with van der Waals surface area (Å²) in [6.07, 6.45) is 1.66. The molecule has 28 heavy (non-hydrogen) atoms. The van der Waals surface area contributed by atoms with Crippen molar-refractivity contribution in [3.8, 4) is 28.7 Å². The Hall–Kier alpha value is -3.68. The molecule has 0 saturated heterocycles. The molecular formula is C20H19N3O5. The van der Waals surface area contributed by atoms with Gasteiger partial charge in [-0.2, -0.15) is 0 Å². The largest absolute Gasteiger partial charge is 0.493 e. The molecule has 3 aromatic rings. The highest BCUT2D eigenvalue weighted by molar-refractivity contribution is 5.93. The zero-order chi connectivity index (χ0) is 19.7. The van der Waals surface area contributed by atoms with Crippen LogP contribution in [0.15, 0.2) is 42.6 Å². The van der Waals surface area contributed by atoms with Crippen LogP contribution >= 0.6 is 0 Å². The van der Waals surface area contributed by atoms with Gasteiger partial charge >= 0.3 is 6.03 Å². The fraction of sp³-hybridized carbons (Fsp3) is 0.200. The SMILES string of the molecule is COc1cc2nccc(Oc3ccc4c(c3)OCCN4C(N)=O)c2cc1OC. The van der Waals surface area contributed by atoms with Crippen LogP contribution in [0.3, 0.4) is 0 Å². The summed E-state index contributed by atoms with van der Waals surface area (Å²) in [4.78, 5) is 17.4. The third-order valence-corrected chi connectivity index (χ3v) is 4.50. The lowest BCUT2D eigenvalue weighted by molar-refractivity contribution is 0.247. The first-order valence-corrected chi connectivity index (χ1v) is 8.63. The van der Waals surface area contributed by atoms with Gasteiger partial charge in [0.05, 0.1) is 32.0 Å². The molecule has 4 rings (SSSR count). The van der Waals surface area contributed by atoms with Crippen molar-refractivity contribution >= 4 is 22.6 Å².